The lowest BCUT2D eigenvalue weighted by molar-refractivity contribution is 0.0409. The van der Waals surface area contributed by atoms with Crippen LogP contribution in [0.2, 0.25) is 0 Å². The summed E-state index contributed by atoms with van der Waals surface area (Å²) in [6.07, 6.45) is 0. The fourth-order valence-corrected chi connectivity index (χ4v) is 5.70. The summed E-state index contributed by atoms with van der Waals surface area (Å²) in [6, 6.07) is 23.7. The molecule has 168 valence electrons. The van der Waals surface area contributed by atoms with Gasteiger partial charge in [-0.25, -0.2) is 0 Å². The van der Waals surface area contributed by atoms with Crippen molar-refractivity contribution in [1.82, 2.24) is 14.4 Å². The van der Waals surface area contributed by atoms with Gasteiger partial charge < -0.3 is 14.4 Å². The molecule has 5 rings (SSSR count). The fraction of sp³-hybridized carbons (Fsp3) is 0.259. The predicted molar refractivity (Wildman–Crippen MR) is 133 cm³/mol. The first-order valence-electron chi connectivity index (χ1n) is 11.3. The molecule has 6 heteroatoms. The highest BCUT2D eigenvalue weighted by Crippen LogP contribution is 2.32. The molecule has 3 heterocycles. The van der Waals surface area contributed by atoms with Crippen LogP contribution in [-0.2, 0) is 0 Å². The largest absolute Gasteiger partial charge is 0.334 e. The Morgan fingerprint density at radius 2 is 1.64 bits per heavy atom. The molecule has 2 aromatic heterocycles. The van der Waals surface area contributed by atoms with Crippen molar-refractivity contribution in [2.75, 3.05) is 19.6 Å². The minimum Gasteiger partial charge on any atom is -0.334 e. The lowest BCUT2D eigenvalue weighted by Gasteiger charge is -2.40. The standard InChI is InChI=1S/C27H27N3O2S/c1-19-18-28(14-15-29(19)25(31)22-11-7-4-8-12-22)26(32)24-17-23-13-16-33-27(23)30(24)20(2)21-9-5-3-6-10-21/h3-13,16-17,19-20H,14-15,18H2,1-2H3/t19-,20+/m1/s1. The van der Waals surface area contributed by atoms with Crippen molar-refractivity contribution in [3.8, 4) is 0 Å². The zero-order valence-corrected chi connectivity index (χ0v) is 19.7. The van der Waals surface area contributed by atoms with Gasteiger partial charge in [0, 0.05) is 36.6 Å². The van der Waals surface area contributed by atoms with Gasteiger partial charge in [0.1, 0.15) is 10.5 Å². The number of piperazine rings is 1. The average Bonchev–Trinajstić information content (AvgIpc) is 3.45. The van der Waals surface area contributed by atoms with Crippen LogP contribution in [0.4, 0.5) is 0 Å². The van der Waals surface area contributed by atoms with Crippen LogP contribution in [0.1, 0.15) is 46.3 Å². The molecule has 4 aromatic rings. The van der Waals surface area contributed by atoms with Crippen LogP contribution in [0.5, 0.6) is 0 Å². The molecular weight excluding hydrogens is 430 g/mol. The molecule has 1 aliphatic rings. The van der Waals surface area contributed by atoms with Crippen LogP contribution >= 0.6 is 11.3 Å². The molecule has 0 radical (unpaired) electrons. The summed E-state index contributed by atoms with van der Waals surface area (Å²) in [4.78, 5) is 31.6. The Morgan fingerprint density at radius 3 is 2.33 bits per heavy atom. The Bertz CT molecular complexity index is 1280. The Kier molecular flexibility index (Phi) is 5.77. The summed E-state index contributed by atoms with van der Waals surface area (Å²) in [6.45, 7) is 5.75. The molecule has 2 amide bonds. The molecule has 0 spiro atoms. The number of carbonyl (C=O) groups is 2. The smallest absolute Gasteiger partial charge is 0.270 e. The summed E-state index contributed by atoms with van der Waals surface area (Å²) in [5.74, 6) is 0.0524. The van der Waals surface area contributed by atoms with E-state index in [1.54, 1.807) is 11.3 Å². The topological polar surface area (TPSA) is 45.6 Å². The van der Waals surface area contributed by atoms with Gasteiger partial charge in [0.2, 0.25) is 0 Å². The number of nitrogens with zero attached hydrogens (tertiary/aromatic N) is 3. The first-order chi connectivity index (χ1) is 16.0. The van der Waals surface area contributed by atoms with Crippen LogP contribution in [0.15, 0.2) is 78.2 Å². The maximum absolute atomic E-state index is 13.7. The van der Waals surface area contributed by atoms with E-state index in [-0.39, 0.29) is 23.9 Å². The zero-order chi connectivity index (χ0) is 22.9. The Labute approximate surface area is 197 Å². The van der Waals surface area contributed by atoms with E-state index in [1.165, 1.54) is 5.56 Å². The van der Waals surface area contributed by atoms with Gasteiger partial charge in [-0.2, -0.15) is 0 Å². The number of benzene rings is 2. The first kappa shape index (κ1) is 21.5. The van der Waals surface area contributed by atoms with Crippen molar-refractivity contribution in [3.05, 3.63) is 95.0 Å². The molecule has 1 saturated heterocycles. The third-order valence-electron chi connectivity index (χ3n) is 6.53. The number of hydrogen-bond donors (Lipinski definition) is 0. The second-order valence-corrected chi connectivity index (χ2v) is 9.53. The zero-order valence-electron chi connectivity index (χ0n) is 18.8. The van der Waals surface area contributed by atoms with E-state index in [4.69, 9.17) is 0 Å². The molecule has 5 nitrogen and oxygen atoms in total. The molecule has 1 fully saturated rings. The van der Waals surface area contributed by atoms with Crippen LogP contribution in [0, 0.1) is 0 Å². The number of amides is 2. The van der Waals surface area contributed by atoms with Crippen LogP contribution < -0.4 is 0 Å². The van der Waals surface area contributed by atoms with E-state index < -0.39 is 0 Å². The first-order valence-corrected chi connectivity index (χ1v) is 12.2. The highest BCUT2D eigenvalue weighted by atomic mass is 32.1. The number of carbonyl (C=O) groups excluding carboxylic acids is 2. The predicted octanol–water partition coefficient (Wildman–Crippen LogP) is 5.30. The molecule has 0 saturated carbocycles. The highest BCUT2D eigenvalue weighted by Gasteiger charge is 2.32. The van der Waals surface area contributed by atoms with Crippen molar-refractivity contribution in [2.45, 2.75) is 25.9 Å². The molecule has 1 aliphatic heterocycles. The number of thiophene rings is 1. The fourth-order valence-electron chi connectivity index (χ4n) is 4.73. The number of fused-ring (bicyclic) bond motifs is 1. The molecule has 2 aromatic carbocycles. The normalized spacial score (nSPS) is 17.3. The summed E-state index contributed by atoms with van der Waals surface area (Å²) < 4.78 is 2.17. The third kappa shape index (κ3) is 3.95. The third-order valence-corrected chi connectivity index (χ3v) is 7.46. The van der Waals surface area contributed by atoms with Gasteiger partial charge in [-0.3, -0.25) is 9.59 Å². The van der Waals surface area contributed by atoms with E-state index >= 15 is 0 Å². The van der Waals surface area contributed by atoms with Crippen molar-refractivity contribution < 1.29 is 9.59 Å². The summed E-state index contributed by atoms with van der Waals surface area (Å²) in [5.41, 5.74) is 2.57. The highest BCUT2D eigenvalue weighted by molar-refractivity contribution is 7.16. The van der Waals surface area contributed by atoms with Gasteiger partial charge in [-0.05, 0) is 49.1 Å². The van der Waals surface area contributed by atoms with Crippen molar-refractivity contribution in [3.63, 3.8) is 0 Å². The van der Waals surface area contributed by atoms with Crippen molar-refractivity contribution in [2.24, 2.45) is 0 Å². The van der Waals surface area contributed by atoms with Gasteiger partial charge in [-0.15, -0.1) is 11.3 Å². The van der Waals surface area contributed by atoms with Crippen LogP contribution in [0.3, 0.4) is 0 Å². The minimum absolute atomic E-state index is 0.0248. The molecule has 0 bridgehead atoms. The summed E-state index contributed by atoms with van der Waals surface area (Å²) >= 11 is 1.66. The van der Waals surface area contributed by atoms with Crippen molar-refractivity contribution in [1.29, 1.82) is 0 Å². The lowest BCUT2D eigenvalue weighted by atomic mass is 10.1. The van der Waals surface area contributed by atoms with Gasteiger partial charge >= 0.3 is 0 Å². The maximum Gasteiger partial charge on any atom is 0.270 e. The van der Waals surface area contributed by atoms with E-state index in [1.807, 2.05) is 71.3 Å². The van der Waals surface area contributed by atoms with Crippen molar-refractivity contribution >= 4 is 33.4 Å². The van der Waals surface area contributed by atoms with E-state index in [2.05, 4.69) is 35.1 Å². The molecule has 0 N–H and O–H groups in total. The Hall–Kier alpha value is -3.38. The second kappa shape index (κ2) is 8.87. The monoisotopic (exact) mass is 457 g/mol. The lowest BCUT2D eigenvalue weighted by Crippen LogP contribution is -2.55. The number of hydrogen-bond acceptors (Lipinski definition) is 3. The summed E-state index contributed by atoms with van der Waals surface area (Å²) in [5, 5.41) is 3.17. The second-order valence-electron chi connectivity index (χ2n) is 8.63. The SMILES string of the molecule is C[C@@H]1CN(C(=O)c2cc3ccsc3n2[C@@H](C)c2ccccc2)CCN1C(=O)c1ccccc1. The molecular formula is C27H27N3O2S. The van der Waals surface area contributed by atoms with E-state index in [0.717, 1.165) is 10.2 Å². The van der Waals surface area contributed by atoms with E-state index in [9.17, 15) is 9.59 Å². The van der Waals surface area contributed by atoms with Gasteiger partial charge in [0.05, 0.1) is 6.04 Å². The quantitative estimate of drug-likeness (QED) is 0.418. The van der Waals surface area contributed by atoms with Gasteiger partial charge in [0.25, 0.3) is 11.8 Å². The molecule has 0 aliphatic carbocycles. The van der Waals surface area contributed by atoms with Gasteiger partial charge in [0.15, 0.2) is 0 Å². The average molecular weight is 458 g/mol. The summed E-state index contributed by atoms with van der Waals surface area (Å²) in [7, 11) is 0. The Balaban J connectivity index is 1.40. The molecule has 33 heavy (non-hydrogen) atoms. The van der Waals surface area contributed by atoms with Crippen LogP contribution in [-0.4, -0.2) is 51.9 Å². The minimum atomic E-state index is -0.0496. The molecule has 0 unspecified atom stereocenters. The van der Waals surface area contributed by atoms with E-state index in [0.29, 0.717) is 30.9 Å². The maximum atomic E-state index is 13.7. The molecule has 2 atom stereocenters. The Morgan fingerprint density at radius 1 is 0.939 bits per heavy atom. The van der Waals surface area contributed by atoms with Gasteiger partial charge in [-0.1, -0.05) is 48.5 Å². The number of aromatic nitrogens is 1. The number of rotatable bonds is 4. The van der Waals surface area contributed by atoms with Crippen LogP contribution in [0.25, 0.3) is 10.2 Å².